The van der Waals surface area contributed by atoms with Crippen LogP contribution in [0.1, 0.15) is 22.2 Å². The van der Waals surface area contributed by atoms with E-state index >= 15 is 0 Å². The van der Waals surface area contributed by atoms with E-state index in [1.54, 1.807) is 31.6 Å². The Morgan fingerprint density at radius 2 is 2.15 bits per heavy atom. The third-order valence-electron chi connectivity index (χ3n) is 4.46. The van der Waals surface area contributed by atoms with Gasteiger partial charge in [-0.3, -0.25) is 9.69 Å². The van der Waals surface area contributed by atoms with Crippen LogP contribution in [0.2, 0.25) is 5.02 Å². The quantitative estimate of drug-likeness (QED) is 0.713. The van der Waals surface area contributed by atoms with Crippen molar-refractivity contribution < 1.29 is 18.7 Å². The van der Waals surface area contributed by atoms with E-state index in [9.17, 15) is 4.79 Å². The molecule has 0 amide bonds. The number of furan rings is 1. The highest BCUT2D eigenvalue weighted by molar-refractivity contribution is 6.32. The fourth-order valence-electron chi connectivity index (χ4n) is 3.04. The van der Waals surface area contributed by atoms with Gasteiger partial charge in [0.25, 0.3) is 0 Å². The van der Waals surface area contributed by atoms with E-state index in [1.165, 1.54) is 0 Å². The molecule has 0 radical (unpaired) electrons. The zero-order chi connectivity index (χ0) is 18.4. The minimum atomic E-state index is -0.0188. The molecule has 140 valence electrons. The lowest BCUT2D eigenvalue weighted by molar-refractivity contribution is 0.0118. The molecule has 1 aromatic carbocycles. The van der Waals surface area contributed by atoms with Crippen molar-refractivity contribution in [3.05, 3.63) is 52.9 Å². The average Bonchev–Trinajstić information content (AvgIpc) is 3.20. The summed E-state index contributed by atoms with van der Waals surface area (Å²) < 4.78 is 16.1. The summed E-state index contributed by atoms with van der Waals surface area (Å²) in [4.78, 5) is 14.7. The summed E-state index contributed by atoms with van der Waals surface area (Å²) >= 11 is 6.10. The number of hydrogen-bond donors (Lipinski definition) is 1. The van der Waals surface area contributed by atoms with Gasteiger partial charge in [-0.05, 0) is 30.3 Å². The van der Waals surface area contributed by atoms with Crippen molar-refractivity contribution in [3.63, 3.8) is 0 Å². The Morgan fingerprint density at radius 1 is 1.35 bits per heavy atom. The van der Waals surface area contributed by atoms with Crippen LogP contribution in [0.3, 0.4) is 0 Å². The van der Waals surface area contributed by atoms with E-state index in [1.807, 2.05) is 12.1 Å². The zero-order valence-electron chi connectivity index (χ0n) is 14.7. The first-order valence-electron chi connectivity index (χ1n) is 8.61. The number of methoxy groups -OCH3 is 1. The number of hydrogen-bond acceptors (Lipinski definition) is 6. The van der Waals surface area contributed by atoms with Gasteiger partial charge >= 0.3 is 0 Å². The predicted molar refractivity (Wildman–Crippen MR) is 99.0 cm³/mol. The average molecular weight is 379 g/mol. The maximum atomic E-state index is 12.4. The number of halogens is 1. The monoisotopic (exact) mass is 378 g/mol. The lowest BCUT2D eigenvalue weighted by atomic mass is 10.1. The van der Waals surface area contributed by atoms with Crippen LogP contribution < -0.4 is 10.1 Å². The second-order valence-electron chi connectivity index (χ2n) is 6.08. The molecule has 0 spiro atoms. The normalized spacial score (nSPS) is 16.4. The molecule has 1 N–H and O–H groups in total. The Kier molecular flexibility index (Phi) is 6.68. The van der Waals surface area contributed by atoms with Gasteiger partial charge < -0.3 is 19.2 Å². The summed E-state index contributed by atoms with van der Waals surface area (Å²) in [7, 11) is 1.55. The van der Waals surface area contributed by atoms with E-state index in [2.05, 4.69) is 10.2 Å². The summed E-state index contributed by atoms with van der Waals surface area (Å²) in [6.07, 6.45) is 1.67. The van der Waals surface area contributed by atoms with E-state index in [0.717, 1.165) is 18.8 Å². The van der Waals surface area contributed by atoms with Gasteiger partial charge in [0.15, 0.2) is 5.78 Å². The third-order valence-corrected chi connectivity index (χ3v) is 4.75. The fraction of sp³-hybridized carbons (Fsp3) is 0.421. The molecule has 1 aliphatic heterocycles. The van der Waals surface area contributed by atoms with Crippen molar-refractivity contribution in [2.24, 2.45) is 0 Å². The van der Waals surface area contributed by atoms with Gasteiger partial charge in [-0.25, -0.2) is 0 Å². The summed E-state index contributed by atoms with van der Waals surface area (Å²) in [6, 6.07) is 8.98. The molecule has 1 unspecified atom stereocenters. The molecule has 1 atom stereocenters. The predicted octanol–water partition coefficient (Wildman–Crippen LogP) is 2.79. The molecule has 2 aromatic rings. The molecule has 26 heavy (non-hydrogen) atoms. The van der Waals surface area contributed by atoms with Gasteiger partial charge in [0.2, 0.25) is 0 Å². The second-order valence-corrected chi connectivity index (χ2v) is 6.49. The number of benzene rings is 1. The Labute approximate surface area is 158 Å². The summed E-state index contributed by atoms with van der Waals surface area (Å²) in [5, 5.41) is 3.68. The topological polar surface area (TPSA) is 63.9 Å². The van der Waals surface area contributed by atoms with Crippen LogP contribution in [0.5, 0.6) is 5.75 Å². The van der Waals surface area contributed by atoms with E-state index in [0.29, 0.717) is 36.1 Å². The number of Topliss-reactive ketones (excluding diaryl/α,β-unsaturated/α-hetero) is 1. The number of nitrogens with zero attached hydrogens (tertiary/aromatic N) is 1. The van der Waals surface area contributed by atoms with Gasteiger partial charge in [0.1, 0.15) is 11.5 Å². The van der Waals surface area contributed by atoms with E-state index in [4.69, 9.17) is 25.5 Å². The van der Waals surface area contributed by atoms with Crippen molar-refractivity contribution in [3.8, 4) is 5.75 Å². The number of ether oxygens (including phenoxy) is 2. The lowest BCUT2D eigenvalue weighted by Crippen LogP contribution is -2.43. The fourth-order valence-corrected chi connectivity index (χ4v) is 3.30. The number of morpholine rings is 1. The summed E-state index contributed by atoms with van der Waals surface area (Å²) in [5.74, 6) is 1.43. The number of nitrogens with one attached hydrogen (secondary N) is 1. The molecule has 0 bridgehead atoms. The zero-order valence-corrected chi connectivity index (χ0v) is 15.5. The van der Waals surface area contributed by atoms with Crippen LogP contribution in [0, 0.1) is 0 Å². The molecule has 0 saturated carbocycles. The van der Waals surface area contributed by atoms with Crippen LogP contribution >= 0.6 is 11.6 Å². The molecule has 6 nitrogen and oxygen atoms in total. The second kappa shape index (κ2) is 9.19. The van der Waals surface area contributed by atoms with E-state index in [-0.39, 0.29) is 18.4 Å². The van der Waals surface area contributed by atoms with Crippen molar-refractivity contribution in [1.82, 2.24) is 10.2 Å². The highest BCUT2D eigenvalue weighted by atomic mass is 35.5. The Bertz CT molecular complexity index is 714. The highest BCUT2D eigenvalue weighted by Gasteiger charge is 2.24. The van der Waals surface area contributed by atoms with Crippen molar-refractivity contribution in [2.45, 2.75) is 6.04 Å². The van der Waals surface area contributed by atoms with Crippen molar-refractivity contribution in [1.29, 1.82) is 0 Å². The first-order chi connectivity index (χ1) is 12.7. The van der Waals surface area contributed by atoms with Gasteiger partial charge in [-0.2, -0.15) is 0 Å². The maximum absolute atomic E-state index is 12.4. The largest absolute Gasteiger partial charge is 0.495 e. The number of rotatable bonds is 8. The van der Waals surface area contributed by atoms with Gasteiger partial charge in [-0.1, -0.05) is 11.6 Å². The van der Waals surface area contributed by atoms with Crippen LogP contribution in [0.15, 0.2) is 41.0 Å². The highest BCUT2D eigenvalue weighted by Crippen LogP contribution is 2.25. The van der Waals surface area contributed by atoms with Crippen molar-refractivity contribution in [2.75, 3.05) is 46.5 Å². The molecule has 1 fully saturated rings. The minimum Gasteiger partial charge on any atom is -0.495 e. The first kappa shape index (κ1) is 18.9. The third kappa shape index (κ3) is 4.65. The van der Waals surface area contributed by atoms with Crippen LogP contribution in [0.25, 0.3) is 0 Å². The lowest BCUT2D eigenvalue weighted by Gasteiger charge is -2.33. The molecule has 7 heteroatoms. The molecule has 2 heterocycles. The SMILES string of the molecule is COc1ccc(C(=O)CNCC(c2ccco2)N2CCOCC2)cc1Cl. The van der Waals surface area contributed by atoms with Crippen LogP contribution in [-0.2, 0) is 4.74 Å². The smallest absolute Gasteiger partial charge is 0.176 e. The molecule has 3 rings (SSSR count). The molecule has 1 aromatic heterocycles. The molecule has 1 saturated heterocycles. The first-order valence-corrected chi connectivity index (χ1v) is 8.99. The Hall–Kier alpha value is -1.86. The summed E-state index contributed by atoms with van der Waals surface area (Å²) in [5.41, 5.74) is 0.559. The molecule has 1 aliphatic rings. The number of carbonyl (C=O) groups is 1. The molecule has 0 aliphatic carbocycles. The van der Waals surface area contributed by atoms with Crippen LogP contribution in [-0.4, -0.2) is 57.2 Å². The maximum Gasteiger partial charge on any atom is 0.176 e. The number of carbonyl (C=O) groups excluding carboxylic acids is 1. The number of ketones is 1. The minimum absolute atomic E-state index is 0.0188. The standard InChI is InChI=1S/C19H23ClN2O4/c1-24-18-5-4-14(11-15(18)20)17(23)13-21-12-16(19-3-2-8-26-19)22-6-9-25-10-7-22/h2-5,8,11,16,21H,6-7,9-10,12-13H2,1H3. The molecular weight excluding hydrogens is 356 g/mol. The van der Waals surface area contributed by atoms with E-state index < -0.39 is 0 Å². The van der Waals surface area contributed by atoms with Crippen LogP contribution in [0.4, 0.5) is 0 Å². The Morgan fingerprint density at radius 3 is 2.81 bits per heavy atom. The van der Waals surface area contributed by atoms with Gasteiger partial charge in [0.05, 0.1) is 44.2 Å². The Balaban J connectivity index is 1.59. The molecular formula is C19H23ClN2O4. The van der Waals surface area contributed by atoms with Gasteiger partial charge in [-0.15, -0.1) is 0 Å². The van der Waals surface area contributed by atoms with Crippen molar-refractivity contribution >= 4 is 17.4 Å². The van der Waals surface area contributed by atoms with Gasteiger partial charge in [0, 0.05) is 25.2 Å². The summed E-state index contributed by atoms with van der Waals surface area (Å²) in [6.45, 7) is 3.94.